The van der Waals surface area contributed by atoms with Crippen LogP contribution in [0.2, 0.25) is 0 Å². The zero-order chi connectivity index (χ0) is 24.5. The van der Waals surface area contributed by atoms with Gasteiger partial charge in [0.25, 0.3) is 11.5 Å². The van der Waals surface area contributed by atoms with Crippen LogP contribution < -0.4 is 25.1 Å². The van der Waals surface area contributed by atoms with Crippen molar-refractivity contribution in [2.45, 2.75) is 20.4 Å². The van der Waals surface area contributed by atoms with Crippen molar-refractivity contribution in [3.8, 4) is 28.5 Å². The van der Waals surface area contributed by atoms with E-state index in [1.54, 1.807) is 18.2 Å². The van der Waals surface area contributed by atoms with Crippen LogP contribution in [-0.4, -0.2) is 48.1 Å². The third kappa shape index (κ3) is 6.44. The molecule has 0 bridgehead atoms. The molecule has 9 heteroatoms. The molecule has 34 heavy (non-hydrogen) atoms. The van der Waals surface area contributed by atoms with E-state index >= 15 is 0 Å². The summed E-state index contributed by atoms with van der Waals surface area (Å²) in [6.45, 7) is 4.21. The number of ketones is 1. The molecule has 0 atom stereocenters. The Morgan fingerprint density at radius 1 is 1.03 bits per heavy atom. The van der Waals surface area contributed by atoms with E-state index in [4.69, 9.17) is 14.2 Å². The van der Waals surface area contributed by atoms with Crippen molar-refractivity contribution in [1.82, 2.24) is 14.9 Å². The van der Waals surface area contributed by atoms with Gasteiger partial charge in [0.1, 0.15) is 5.75 Å². The average Bonchev–Trinajstić information content (AvgIpc) is 2.84. The first kappa shape index (κ1) is 24.5. The first-order valence-corrected chi connectivity index (χ1v) is 10.8. The van der Waals surface area contributed by atoms with Gasteiger partial charge in [-0.05, 0) is 56.3 Å². The molecule has 1 amide bonds. The Balaban J connectivity index is 1.51. The summed E-state index contributed by atoms with van der Waals surface area (Å²) in [5.41, 5.74) is 1.64. The van der Waals surface area contributed by atoms with Crippen LogP contribution in [-0.2, 0) is 11.3 Å². The number of hydrogen-bond donors (Lipinski definition) is 1. The summed E-state index contributed by atoms with van der Waals surface area (Å²) >= 11 is 0. The maximum absolute atomic E-state index is 12.4. The molecule has 1 N–H and O–H groups in total. The van der Waals surface area contributed by atoms with Gasteiger partial charge in [0.15, 0.2) is 23.9 Å². The number of carbonyl (C=O) groups excluding carboxylic acids is 2. The molecule has 0 spiro atoms. The minimum absolute atomic E-state index is 0.0974. The zero-order valence-electron chi connectivity index (χ0n) is 19.4. The summed E-state index contributed by atoms with van der Waals surface area (Å²) in [7, 11) is 1.46. The minimum atomic E-state index is -0.357. The highest BCUT2D eigenvalue weighted by Crippen LogP contribution is 2.28. The number of Topliss-reactive ketones (excluding diaryl/α,β-unsaturated/α-hetero) is 1. The maximum Gasteiger partial charge on any atom is 0.258 e. The highest BCUT2D eigenvalue weighted by Gasteiger charge is 2.11. The Bertz CT molecular complexity index is 1200. The summed E-state index contributed by atoms with van der Waals surface area (Å²) in [5.74, 6) is 1.02. The number of nitrogens with zero attached hydrogens (tertiary/aromatic N) is 2. The number of ether oxygens (including phenoxy) is 3. The summed E-state index contributed by atoms with van der Waals surface area (Å²) in [6, 6.07) is 13.6. The normalized spacial score (nSPS) is 10.4. The van der Waals surface area contributed by atoms with E-state index in [0.717, 1.165) is 11.3 Å². The lowest BCUT2D eigenvalue weighted by atomic mass is 10.1. The Morgan fingerprint density at radius 3 is 2.44 bits per heavy atom. The van der Waals surface area contributed by atoms with Gasteiger partial charge in [-0.2, -0.15) is 0 Å². The summed E-state index contributed by atoms with van der Waals surface area (Å²) < 4.78 is 17.6. The molecular weight excluding hydrogens is 438 g/mol. The van der Waals surface area contributed by atoms with Crippen LogP contribution >= 0.6 is 0 Å². The van der Waals surface area contributed by atoms with Crippen molar-refractivity contribution in [3.63, 3.8) is 0 Å². The van der Waals surface area contributed by atoms with Crippen LogP contribution in [0.15, 0.2) is 59.7 Å². The lowest BCUT2D eigenvalue weighted by molar-refractivity contribution is -0.123. The van der Waals surface area contributed by atoms with E-state index in [1.807, 2.05) is 31.2 Å². The largest absolute Gasteiger partial charge is 0.494 e. The summed E-state index contributed by atoms with van der Waals surface area (Å²) in [4.78, 5) is 40.4. The monoisotopic (exact) mass is 465 g/mol. The van der Waals surface area contributed by atoms with Gasteiger partial charge in [0, 0.05) is 30.3 Å². The smallest absolute Gasteiger partial charge is 0.258 e. The van der Waals surface area contributed by atoms with Gasteiger partial charge < -0.3 is 19.5 Å². The van der Waals surface area contributed by atoms with Crippen molar-refractivity contribution in [3.05, 3.63) is 70.8 Å². The molecule has 3 rings (SSSR count). The molecule has 0 saturated heterocycles. The van der Waals surface area contributed by atoms with Crippen LogP contribution in [0.4, 0.5) is 0 Å². The van der Waals surface area contributed by atoms with E-state index in [9.17, 15) is 14.4 Å². The molecule has 0 radical (unpaired) electrons. The molecule has 0 aliphatic heterocycles. The number of carbonyl (C=O) groups is 2. The van der Waals surface area contributed by atoms with Crippen molar-refractivity contribution < 1.29 is 23.8 Å². The SMILES string of the molecule is CCOc1ccc(-c2cc(=O)n(CCNC(=O)COc3ccc(C(C)=O)cc3OC)cn2)cc1. The second kappa shape index (κ2) is 11.6. The molecule has 0 aliphatic carbocycles. The van der Waals surface area contributed by atoms with Crippen molar-refractivity contribution in [2.24, 2.45) is 0 Å². The molecule has 3 aromatic rings. The number of nitrogens with one attached hydrogen (secondary N) is 1. The van der Waals surface area contributed by atoms with Gasteiger partial charge in [0.2, 0.25) is 0 Å². The zero-order valence-corrected chi connectivity index (χ0v) is 19.4. The topological polar surface area (TPSA) is 109 Å². The number of aromatic nitrogens is 2. The molecule has 0 saturated carbocycles. The van der Waals surface area contributed by atoms with E-state index in [2.05, 4.69) is 10.3 Å². The van der Waals surface area contributed by atoms with Gasteiger partial charge in [-0.3, -0.25) is 19.0 Å². The Hall–Kier alpha value is -4.14. The van der Waals surface area contributed by atoms with Crippen molar-refractivity contribution in [2.75, 3.05) is 26.9 Å². The molecule has 0 aliphatic rings. The molecule has 1 heterocycles. The number of rotatable bonds is 11. The molecule has 178 valence electrons. The second-order valence-electron chi connectivity index (χ2n) is 7.32. The van der Waals surface area contributed by atoms with Gasteiger partial charge in [-0.15, -0.1) is 0 Å². The lowest BCUT2D eigenvalue weighted by Gasteiger charge is -2.12. The first-order valence-electron chi connectivity index (χ1n) is 10.8. The highest BCUT2D eigenvalue weighted by atomic mass is 16.5. The fraction of sp³-hybridized carbons (Fsp3) is 0.280. The number of amides is 1. The predicted octanol–water partition coefficient (Wildman–Crippen LogP) is 2.72. The van der Waals surface area contributed by atoms with Gasteiger partial charge in [0.05, 0.1) is 25.7 Å². The quantitative estimate of drug-likeness (QED) is 0.434. The molecule has 9 nitrogen and oxygen atoms in total. The predicted molar refractivity (Wildman–Crippen MR) is 127 cm³/mol. The highest BCUT2D eigenvalue weighted by molar-refractivity contribution is 5.94. The fourth-order valence-corrected chi connectivity index (χ4v) is 3.16. The van der Waals surface area contributed by atoms with E-state index < -0.39 is 0 Å². The number of benzene rings is 2. The second-order valence-corrected chi connectivity index (χ2v) is 7.32. The molecule has 0 fully saturated rings. The third-order valence-electron chi connectivity index (χ3n) is 4.94. The van der Waals surface area contributed by atoms with Crippen LogP contribution in [0.3, 0.4) is 0 Å². The van der Waals surface area contributed by atoms with Crippen molar-refractivity contribution in [1.29, 1.82) is 0 Å². The first-order chi connectivity index (χ1) is 16.4. The Kier molecular flexibility index (Phi) is 8.39. The molecule has 0 unspecified atom stereocenters. The molecule has 1 aromatic heterocycles. The van der Waals surface area contributed by atoms with Gasteiger partial charge in [-0.25, -0.2) is 4.98 Å². The fourth-order valence-electron chi connectivity index (χ4n) is 3.16. The van der Waals surface area contributed by atoms with Gasteiger partial charge in [-0.1, -0.05) is 0 Å². The van der Waals surface area contributed by atoms with Crippen LogP contribution in [0.5, 0.6) is 17.2 Å². The Morgan fingerprint density at radius 2 is 1.79 bits per heavy atom. The van der Waals surface area contributed by atoms with E-state index in [-0.39, 0.29) is 36.9 Å². The molecular formula is C25H27N3O6. The maximum atomic E-state index is 12.4. The van der Waals surface area contributed by atoms with Gasteiger partial charge >= 0.3 is 0 Å². The standard InChI is InChI=1S/C25H27N3O6/c1-4-33-20-8-5-18(6-9-20)21-14-25(31)28(16-27-21)12-11-26-24(30)15-34-22-10-7-19(17(2)29)13-23(22)32-3/h5-10,13-14,16H,4,11-12,15H2,1-3H3,(H,26,30). The summed E-state index contributed by atoms with van der Waals surface area (Å²) in [6.07, 6.45) is 1.46. The lowest BCUT2D eigenvalue weighted by Crippen LogP contribution is -2.33. The van der Waals surface area contributed by atoms with E-state index in [1.165, 1.54) is 31.0 Å². The van der Waals surface area contributed by atoms with Crippen LogP contribution in [0.25, 0.3) is 11.3 Å². The van der Waals surface area contributed by atoms with E-state index in [0.29, 0.717) is 29.4 Å². The third-order valence-corrected chi connectivity index (χ3v) is 4.94. The Labute approximate surface area is 197 Å². The molecule has 2 aromatic carbocycles. The van der Waals surface area contributed by atoms with Crippen molar-refractivity contribution >= 4 is 11.7 Å². The summed E-state index contributed by atoms with van der Waals surface area (Å²) in [5, 5.41) is 2.70. The number of hydrogen-bond acceptors (Lipinski definition) is 7. The average molecular weight is 466 g/mol. The minimum Gasteiger partial charge on any atom is -0.494 e. The number of methoxy groups -OCH3 is 1. The van der Waals surface area contributed by atoms with Crippen LogP contribution in [0.1, 0.15) is 24.2 Å². The van der Waals surface area contributed by atoms with Crippen LogP contribution in [0, 0.1) is 0 Å².